The molecule has 1 aromatic carbocycles. The van der Waals surface area contributed by atoms with Gasteiger partial charge in [-0.05, 0) is 36.5 Å². The van der Waals surface area contributed by atoms with Gasteiger partial charge in [-0.3, -0.25) is 4.79 Å². The predicted molar refractivity (Wildman–Crippen MR) is 99.2 cm³/mol. The lowest BCUT2D eigenvalue weighted by molar-refractivity contribution is -0.154. The summed E-state index contributed by atoms with van der Waals surface area (Å²) in [6.45, 7) is 0.121. The number of hydrogen-bond donors (Lipinski definition) is 1. The third kappa shape index (κ3) is 5.59. The minimum Gasteiger partial charge on any atom is -0.468 e. The molecule has 1 atom stereocenters. The van der Waals surface area contributed by atoms with Crippen LogP contribution in [0, 0.1) is 11.6 Å². The first-order chi connectivity index (χ1) is 14.0. The van der Waals surface area contributed by atoms with Crippen LogP contribution in [0.4, 0.5) is 22.0 Å². The minimum absolute atomic E-state index is 0.0672. The van der Waals surface area contributed by atoms with E-state index in [-0.39, 0.29) is 22.9 Å². The normalized spacial score (nSPS) is 16.1. The summed E-state index contributed by atoms with van der Waals surface area (Å²) in [6, 6.07) is 5.78. The van der Waals surface area contributed by atoms with Crippen molar-refractivity contribution in [1.82, 2.24) is 10.3 Å². The van der Waals surface area contributed by atoms with E-state index in [0.29, 0.717) is 18.5 Å². The molecule has 1 amide bonds. The SMILES string of the molecule is CC(CC(=O)NC1(c2cc(Cl)cc(OCC(F)(F)F)n2)CC1)c1ccc(F)cc1F. The Kier molecular flexibility index (Phi) is 6.21. The zero-order chi connectivity index (χ0) is 22.1. The summed E-state index contributed by atoms with van der Waals surface area (Å²) in [5.74, 6) is -2.65. The molecule has 0 saturated heterocycles. The summed E-state index contributed by atoms with van der Waals surface area (Å²) in [7, 11) is 0. The number of rotatable bonds is 7. The van der Waals surface area contributed by atoms with Crippen molar-refractivity contribution in [3.8, 4) is 5.88 Å². The third-order valence-corrected chi connectivity index (χ3v) is 4.97. The quantitative estimate of drug-likeness (QED) is 0.588. The van der Waals surface area contributed by atoms with E-state index >= 15 is 0 Å². The molecule has 1 unspecified atom stereocenters. The first kappa shape index (κ1) is 22.3. The Morgan fingerprint density at radius 1 is 1.27 bits per heavy atom. The molecule has 30 heavy (non-hydrogen) atoms. The molecule has 0 aliphatic heterocycles. The number of pyridine rings is 1. The van der Waals surface area contributed by atoms with E-state index < -0.39 is 41.8 Å². The van der Waals surface area contributed by atoms with Gasteiger partial charge in [0.05, 0.1) is 11.2 Å². The van der Waals surface area contributed by atoms with Crippen LogP contribution in [-0.2, 0) is 10.3 Å². The van der Waals surface area contributed by atoms with Gasteiger partial charge in [0.1, 0.15) is 11.6 Å². The van der Waals surface area contributed by atoms with Gasteiger partial charge in [-0.2, -0.15) is 13.2 Å². The first-order valence-electron chi connectivity index (χ1n) is 9.11. The lowest BCUT2D eigenvalue weighted by atomic mass is 9.96. The summed E-state index contributed by atoms with van der Waals surface area (Å²) >= 11 is 5.98. The van der Waals surface area contributed by atoms with E-state index in [4.69, 9.17) is 11.6 Å². The van der Waals surface area contributed by atoms with Crippen molar-refractivity contribution < 1.29 is 31.5 Å². The fourth-order valence-corrected chi connectivity index (χ4v) is 3.32. The molecule has 4 nitrogen and oxygen atoms in total. The van der Waals surface area contributed by atoms with Crippen LogP contribution in [0.1, 0.15) is 43.4 Å². The number of alkyl halides is 3. The Bertz CT molecular complexity index is 947. The van der Waals surface area contributed by atoms with E-state index in [9.17, 15) is 26.7 Å². The van der Waals surface area contributed by atoms with Crippen LogP contribution in [0.2, 0.25) is 5.02 Å². The number of amides is 1. The van der Waals surface area contributed by atoms with Gasteiger partial charge in [-0.25, -0.2) is 13.8 Å². The lowest BCUT2D eigenvalue weighted by Gasteiger charge is -2.20. The number of nitrogens with zero attached hydrogens (tertiary/aromatic N) is 1. The second-order valence-electron chi connectivity index (χ2n) is 7.31. The van der Waals surface area contributed by atoms with Crippen LogP contribution in [0.5, 0.6) is 5.88 Å². The fourth-order valence-electron chi connectivity index (χ4n) is 3.13. The minimum atomic E-state index is -4.53. The topological polar surface area (TPSA) is 51.2 Å². The molecular formula is C20H18ClF5N2O2. The monoisotopic (exact) mass is 448 g/mol. The van der Waals surface area contributed by atoms with Crippen LogP contribution in [0.25, 0.3) is 0 Å². The molecule has 3 rings (SSSR count). The van der Waals surface area contributed by atoms with Crippen molar-refractivity contribution in [2.75, 3.05) is 6.61 Å². The van der Waals surface area contributed by atoms with Gasteiger partial charge < -0.3 is 10.1 Å². The van der Waals surface area contributed by atoms with Crippen LogP contribution in [0.15, 0.2) is 30.3 Å². The number of nitrogens with one attached hydrogen (secondary N) is 1. The van der Waals surface area contributed by atoms with Crippen molar-refractivity contribution in [2.45, 2.75) is 43.8 Å². The van der Waals surface area contributed by atoms with Crippen molar-refractivity contribution in [1.29, 1.82) is 0 Å². The summed E-state index contributed by atoms with van der Waals surface area (Å²) in [5, 5.41) is 2.93. The number of ether oxygens (including phenoxy) is 1. The number of benzene rings is 1. The zero-order valence-electron chi connectivity index (χ0n) is 15.8. The molecule has 1 saturated carbocycles. The maximum absolute atomic E-state index is 13.9. The molecule has 1 heterocycles. The van der Waals surface area contributed by atoms with Gasteiger partial charge in [0.25, 0.3) is 0 Å². The second-order valence-corrected chi connectivity index (χ2v) is 7.75. The second kappa shape index (κ2) is 8.37. The Balaban J connectivity index is 1.69. The predicted octanol–water partition coefficient (Wildman–Crippen LogP) is 5.25. The highest BCUT2D eigenvalue weighted by molar-refractivity contribution is 6.30. The number of aromatic nitrogens is 1. The lowest BCUT2D eigenvalue weighted by Crippen LogP contribution is -2.36. The fraction of sp³-hybridized carbons (Fsp3) is 0.400. The molecule has 1 N–H and O–H groups in total. The van der Waals surface area contributed by atoms with Crippen LogP contribution in [0.3, 0.4) is 0 Å². The highest BCUT2D eigenvalue weighted by Gasteiger charge is 2.47. The Hall–Kier alpha value is -2.42. The summed E-state index contributed by atoms with van der Waals surface area (Å²) < 4.78 is 68.8. The Morgan fingerprint density at radius 2 is 1.97 bits per heavy atom. The molecule has 10 heteroatoms. The summed E-state index contributed by atoms with van der Waals surface area (Å²) in [6.07, 6.45) is -3.56. The molecule has 0 spiro atoms. The Morgan fingerprint density at radius 3 is 2.57 bits per heavy atom. The molecule has 0 radical (unpaired) electrons. The molecule has 0 bridgehead atoms. The maximum atomic E-state index is 13.9. The van der Waals surface area contributed by atoms with Gasteiger partial charge in [0.2, 0.25) is 11.8 Å². The van der Waals surface area contributed by atoms with Gasteiger partial charge in [-0.15, -0.1) is 0 Å². The van der Waals surface area contributed by atoms with Crippen molar-refractivity contribution in [3.63, 3.8) is 0 Å². The van der Waals surface area contributed by atoms with Crippen molar-refractivity contribution >= 4 is 17.5 Å². The number of halogens is 6. The average molecular weight is 449 g/mol. The van der Waals surface area contributed by atoms with Crippen LogP contribution in [-0.4, -0.2) is 23.7 Å². The van der Waals surface area contributed by atoms with E-state index in [1.54, 1.807) is 6.92 Å². The molecule has 2 aromatic rings. The van der Waals surface area contributed by atoms with Crippen molar-refractivity contribution in [2.24, 2.45) is 0 Å². The van der Waals surface area contributed by atoms with E-state index in [1.807, 2.05) is 0 Å². The first-order valence-corrected chi connectivity index (χ1v) is 9.49. The van der Waals surface area contributed by atoms with Gasteiger partial charge in [-0.1, -0.05) is 24.6 Å². The van der Waals surface area contributed by atoms with Gasteiger partial charge >= 0.3 is 6.18 Å². The van der Waals surface area contributed by atoms with Gasteiger partial charge in [0.15, 0.2) is 6.61 Å². The standard InChI is InChI=1S/C20H18ClF5N2O2/c1-11(14-3-2-13(22)9-15(14)23)6-17(29)28-19(4-5-19)16-7-12(21)8-18(27-16)30-10-20(24,25)26/h2-3,7-9,11H,4-6,10H2,1H3,(H,28,29). The molecule has 1 fully saturated rings. The summed E-state index contributed by atoms with van der Waals surface area (Å²) in [5.41, 5.74) is -0.361. The maximum Gasteiger partial charge on any atom is 0.422 e. The number of hydrogen-bond acceptors (Lipinski definition) is 3. The molecule has 162 valence electrons. The number of carbonyl (C=O) groups is 1. The molecule has 1 aliphatic rings. The van der Waals surface area contributed by atoms with E-state index in [2.05, 4.69) is 15.0 Å². The molecular weight excluding hydrogens is 431 g/mol. The van der Waals surface area contributed by atoms with E-state index in [0.717, 1.165) is 18.2 Å². The highest BCUT2D eigenvalue weighted by Crippen LogP contribution is 2.46. The van der Waals surface area contributed by atoms with Crippen LogP contribution >= 0.6 is 11.6 Å². The summed E-state index contributed by atoms with van der Waals surface area (Å²) in [4.78, 5) is 16.6. The third-order valence-electron chi connectivity index (χ3n) is 4.75. The van der Waals surface area contributed by atoms with Crippen molar-refractivity contribution in [3.05, 3.63) is 58.2 Å². The largest absolute Gasteiger partial charge is 0.468 e. The molecule has 1 aliphatic carbocycles. The average Bonchev–Trinajstić information content (AvgIpc) is 3.39. The highest BCUT2D eigenvalue weighted by atomic mass is 35.5. The van der Waals surface area contributed by atoms with Gasteiger partial charge in [0, 0.05) is 23.6 Å². The van der Waals surface area contributed by atoms with Crippen LogP contribution < -0.4 is 10.1 Å². The number of carbonyl (C=O) groups excluding carboxylic acids is 1. The molecule has 1 aromatic heterocycles. The Labute approximate surface area is 174 Å². The zero-order valence-corrected chi connectivity index (χ0v) is 16.6. The van der Waals surface area contributed by atoms with E-state index in [1.165, 1.54) is 12.1 Å². The smallest absolute Gasteiger partial charge is 0.422 e.